The molecule has 134 valence electrons. The Labute approximate surface area is 142 Å². The van der Waals surface area contributed by atoms with E-state index in [0.717, 1.165) is 0 Å². The fourth-order valence-electron chi connectivity index (χ4n) is 1.81. The van der Waals surface area contributed by atoms with Crippen molar-refractivity contribution in [3.63, 3.8) is 0 Å². The Balaban J connectivity index is 3.16. The summed E-state index contributed by atoms with van der Waals surface area (Å²) in [6, 6.07) is 7.98. The molecule has 24 heavy (non-hydrogen) atoms. The van der Waals surface area contributed by atoms with Crippen molar-refractivity contribution < 1.29 is 22.4 Å². The summed E-state index contributed by atoms with van der Waals surface area (Å²) in [7, 11) is -2.35. The second-order valence-corrected chi connectivity index (χ2v) is 12.2. The lowest BCUT2D eigenvalue weighted by molar-refractivity contribution is -0.0978. The van der Waals surface area contributed by atoms with Crippen molar-refractivity contribution >= 4 is 14.1 Å². The molecule has 0 aromatic heterocycles. The fraction of sp³-hybridized carbons (Fsp3) is 0.500. The molecular formula is C18H25F3O2Si. The first kappa shape index (κ1) is 20.6. The van der Waals surface area contributed by atoms with Crippen LogP contribution in [0.25, 0.3) is 0 Å². The van der Waals surface area contributed by atoms with Crippen molar-refractivity contribution in [2.45, 2.75) is 52.0 Å². The molecule has 0 atom stereocenters. The van der Waals surface area contributed by atoms with Crippen LogP contribution in [0.4, 0.5) is 13.2 Å². The molecule has 0 unspecified atom stereocenters. The summed E-state index contributed by atoms with van der Waals surface area (Å²) >= 11 is 0. The van der Waals surface area contributed by atoms with Gasteiger partial charge >= 0.3 is 6.18 Å². The minimum absolute atomic E-state index is 0.207. The molecular weight excluding hydrogens is 333 g/mol. The maximum absolute atomic E-state index is 13.4. The van der Waals surface area contributed by atoms with Gasteiger partial charge in [0.2, 0.25) is 0 Å². The first-order valence-corrected chi connectivity index (χ1v) is 10.7. The predicted octanol–water partition coefficient (Wildman–Crippen LogP) is 5.77. The molecule has 1 rings (SSSR count). The Bertz CT molecular complexity index is 611. The second kappa shape index (κ2) is 7.23. The van der Waals surface area contributed by atoms with Gasteiger partial charge in [-0.15, -0.1) is 0 Å². The fourth-order valence-corrected chi connectivity index (χ4v) is 2.75. The van der Waals surface area contributed by atoms with Gasteiger partial charge in [-0.1, -0.05) is 51.1 Å². The number of hydrogen-bond acceptors (Lipinski definition) is 2. The van der Waals surface area contributed by atoms with E-state index < -0.39 is 32.5 Å². The zero-order valence-corrected chi connectivity index (χ0v) is 16.0. The highest BCUT2D eigenvalue weighted by molar-refractivity contribution is 6.74. The van der Waals surface area contributed by atoms with Gasteiger partial charge in [-0.05, 0) is 25.1 Å². The van der Waals surface area contributed by atoms with Crippen LogP contribution in [0.2, 0.25) is 18.1 Å². The molecule has 0 heterocycles. The number of Topliss-reactive ketones (excluding diaryl/α,β-unsaturated/α-hetero) is 1. The van der Waals surface area contributed by atoms with Crippen molar-refractivity contribution in [2.24, 2.45) is 0 Å². The number of halogens is 3. The largest absolute Gasteiger partial charge is 0.415 e. The standard InChI is InChI=1S/C18H25F3O2Si/c1-13(16(22)14-10-8-7-9-11-14)15(18(19,20)21)12-23-24(5,6)17(2,3)4/h7-11H,12H2,1-6H3/b15-13-. The summed E-state index contributed by atoms with van der Waals surface area (Å²) in [4.78, 5) is 12.4. The SMILES string of the molecule is C/C(C(=O)c1ccccc1)=C(\CO[Si](C)(C)C(C)(C)C)C(F)(F)F. The van der Waals surface area contributed by atoms with Gasteiger partial charge in [0.05, 0.1) is 12.2 Å². The van der Waals surface area contributed by atoms with Gasteiger partial charge in [0.25, 0.3) is 0 Å². The third kappa shape index (κ3) is 5.04. The summed E-state index contributed by atoms with van der Waals surface area (Å²) < 4.78 is 46.0. The third-order valence-corrected chi connectivity index (χ3v) is 9.03. The summed E-state index contributed by atoms with van der Waals surface area (Å²) in [6.07, 6.45) is -4.60. The molecule has 0 spiro atoms. The third-order valence-electron chi connectivity index (χ3n) is 4.55. The number of alkyl halides is 3. The molecule has 0 amide bonds. The van der Waals surface area contributed by atoms with E-state index in [2.05, 4.69) is 0 Å². The summed E-state index contributed by atoms with van der Waals surface area (Å²) in [5.41, 5.74) is -0.974. The Morgan fingerprint density at radius 2 is 1.58 bits per heavy atom. The van der Waals surface area contributed by atoms with E-state index in [1.807, 2.05) is 33.9 Å². The number of allylic oxidation sites excluding steroid dienone is 1. The predicted molar refractivity (Wildman–Crippen MR) is 92.7 cm³/mol. The van der Waals surface area contributed by atoms with Crippen LogP contribution in [-0.4, -0.2) is 26.9 Å². The van der Waals surface area contributed by atoms with Crippen LogP contribution >= 0.6 is 0 Å². The molecule has 0 aliphatic heterocycles. The van der Waals surface area contributed by atoms with E-state index in [9.17, 15) is 18.0 Å². The Kier molecular flexibility index (Phi) is 6.22. The highest BCUT2D eigenvalue weighted by atomic mass is 28.4. The van der Waals surface area contributed by atoms with Gasteiger partial charge < -0.3 is 4.43 Å². The number of carbonyl (C=O) groups excluding carboxylic acids is 1. The molecule has 0 bridgehead atoms. The van der Waals surface area contributed by atoms with Crippen LogP contribution in [0.1, 0.15) is 38.1 Å². The Hall–Kier alpha value is -1.40. The number of carbonyl (C=O) groups is 1. The van der Waals surface area contributed by atoms with Gasteiger partial charge in [0.15, 0.2) is 14.1 Å². The monoisotopic (exact) mass is 358 g/mol. The minimum atomic E-state index is -4.60. The molecule has 0 saturated heterocycles. The summed E-state index contributed by atoms with van der Waals surface area (Å²) in [5, 5.41) is -0.207. The molecule has 1 aromatic rings. The van der Waals surface area contributed by atoms with Crippen LogP contribution < -0.4 is 0 Å². The highest BCUT2D eigenvalue weighted by Crippen LogP contribution is 2.38. The molecule has 0 saturated carbocycles. The van der Waals surface area contributed by atoms with Crippen molar-refractivity contribution in [3.8, 4) is 0 Å². The molecule has 0 radical (unpaired) electrons. The van der Waals surface area contributed by atoms with E-state index in [0.29, 0.717) is 0 Å². The van der Waals surface area contributed by atoms with E-state index in [1.165, 1.54) is 19.1 Å². The molecule has 6 heteroatoms. The normalized spacial score (nSPS) is 14.4. The quantitative estimate of drug-likeness (QED) is 0.379. The minimum Gasteiger partial charge on any atom is -0.413 e. The topological polar surface area (TPSA) is 26.3 Å². The number of hydrogen-bond donors (Lipinski definition) is 0. The molecule has 0 aliphatic carbocycles. The van der Waals surface area contributed by atoms with E-state index in [4.69, 9.17) is 4.43 Å². The van der Waals surface area contributed by atoms with Gasteiger partial charge in [-0.25, -0.2) is 0 Å². The van der Waals surface area contributed by atoms with Crippen LogP contribution in [-0.2, 0) is 4.43 Å². The summed E-state index contributed by atoms with van der Waals surface area (Å²) in [5.74, 6) is -0.623. The van der Waals surface area contributed by atoms with Gasteiger partial charge in [0.1, 0.15) is 0 Å². The number of rotatable bonds is 5. The van der Waals surface area contributed by atoms with Crippen molar-refractivity contribution in [1.29, 1.82) is 0 Å². The second-order valence-electron chi connectivity index (χ2n) is 7.35. The van der Waals surface area contributed by atoms with Crippen LogP contribution in [0, 0.1) is 0 Å². The first-order valence-electron chi connectivity index (χ1n) is 7.78. The maximum Gasteiger partial charge on any atom is 0.415 e. The maximum atomic E-state index is 13.4. The molecule has 0 fully saturated rings. The van der Waals surface area contributed by atoms with Gasteiger partial charge in [-0.2, -0.15) is 13.2 Å². The first-order chi connectivity index (χ1) is 10.8. The molecule has 0 N–H and O–H groups in total. The Morgan fingerprint density at radius 3 is 2.00 bits per heavy atom. The average Bonchev–Trinajstić information content (AvgIpc) is 2.44. The number of benzene rings is 1. The van der Waals surface area contributed by atoms with Crippen molar-refractivity contribution in [3.05, 3.63) is 47.0 Å². The lowest BCUT2D eigenvalue weighted by Crippen LogP contribution is -2.42. The number of ketones is 1. The molecule has 0 aliphatic rings. The lowest BCUT2D eigenvalue weighted by Gasteiger charge is -2.36. The molecule has 1 aromatic carbocycles. The zero-order chi connectivity index (χ0) is 18.8. The van der Waals surface area contributed by atoms with E-state index in [-0.39, 0.29) is 16.2 Å². The lowest BCUT2D eigenvalue weighted by atomic mass is 10.00. The smallest absolute Gasteiger partial charge is 0.413 e. The van der Waals surface area contributed by atoms with Crippen LogP contribution in [0.15, 0.2) is 41.5 Å². The zero-order valence-electron chi connectivity index (χ0n) is 15.0. The van der Waals surface area contributed by atoms with Crippen LogP contribution in [0.3, 0.4) is 0 Å². The summed E-state index contributed by atoms with van der Waals surface area (Å²) in [6.45, 7) is 10.3. The Morgan fingerprint density at radius 1 is 1.08 bits per heavy atom. The van der Waals surface area contributed by atoms with Crippen molar-refractivity contribution in [1.82, 2.24) is 0 Å². The van der Waals surface area contributed by atoms with Gasteiger partial charge in [-0.3, -0.25) is 4.79 Å². The average molecular weight is 358 g/mol. The van der Waals surface area contributed by atoms with Gasteiger partial charge in [0, 0.05) is 11.1 Å². The van der Waals surface area contributed by atoms with Crippen LogP contribution in [0.5, 0.6) is 0 Å². The van der Waals surface area contributed by atoms with E-state index >= 15 is 0 Å². The highest BCUT2D eigenvalue weighted by Gasteiger charge is 2.41. The van der Waals surface area contributed by atoms with Crippen molar-refractivity contribution in [2.75, 3.05) is 6.61 Å². The molecule has 2 nitrogen and oxygen atoms in total. The van der Waals surface area contributed by atoms with E-state index in [1.54, 1.807) is 18.2 Å².